The third-order valence-electron chi connectivity index (χ3n) is 3.00. The molecule has 128 valence electrons. The number of benzene rings is 1. The highest BCUT2D eigenvalue weighted by atomic mass is 35.5. The van der Waals surface area contributed by atoms with Crippen molar-refractivity contribution in [3.05, 3.63) is 33.8 Å². The molecule has 1 aromatic carbocycles. The van der Waals surface area contributed by atoms with Crippen LogP contribution in [0.1, 0.15) is 10.4 Å². The molecule has 0 aliphatic carbocycles. The van der Waals surface area contributed by atoms with Crippen molar-refractivity contribution >= 4 is 69.3 Å². The van der Waals surface area contributed by atoms with Crippen LogP contribution in [0.2, 0.25) is 10.0 Å². The second kappa shape index (κ2) is 8.66. The van der Waals surface area contributed by atoms with Crippen LogP contribution in [0.3, 0.4) is 0 Å². The number of thioether (sulfide) groups is 1. The quantitative estimate of drug-likeness (QED) is 0.575. The molecule has 1 N–H and O–H groups in total. The smallest absolute Gasteiger partial charge is 0.340 e. The van der Waals surface area contributed by atoms with Gasteiger partial charge in [-0.25, -0.2) is 4.79 Å². The lowest BCUT2D eigenvalue weighted by Crippen LogP contribution is -2.38. The van der Waals surface area contributed by atoms with E-state index >= 15 is 0 Å². The maximum atomic E-state index is 11.9. The van der Waals surface area contributed by atoms with E-state index in [0.717, 1.165) is 0 Å². The van der Waals surface area contributed by atoms with Crippen molar-refractivity contribution in [2.75, 3.05) is 25.4 Å². The van der Waals surface area contributed by atoms with Crippen molar-refractivity contribution in [3.63, 3.8) is 0 Å². The Morgan fingerprint density at radius 1 is 1.38 bits per heavy atom. The van der Waals surface area contributed by atoms with Crippen LogP contribution < -0.4 is 5.32 Å². The summed E-state index contributed by atoms with van der Waals surface area (Å²) >= 11 is 18.0. The molecule has 2 amide bonds. The van der Waals surface area contributed by atoms with Gasteiger partial charge in [0.1, 0.15) is 4.32 Å². The highest BCUT2D eigenvalue weighted by Gasteiger charge is 2.26. The molecule has 1 saturated heterocycles. The molecule has 2 rings (SSSR count). The number of carbonyl (C=O) groups is 3. The summed E-state index contributed by atoms with van der Waals surface area (Å²) in [6.45, 7) is 0.0278. The number of esters is 1. The van der Waals surface area contributed by atoms with Crippen molar-refractivity contribution in [1.29, 1.82) is 0 Å². The number of ether oxygens (including phenoxy) is 1. The van der Waals surface area contributed by atoms with Crippen molar-refractivity contribution in [3.8, 4) is 0 Å². The van der Waals surface area contributed by atoms with E-state index in [1.54, 1.807) is 6.07 Å². The second-order valence-corrected chi connectivity index (χ2v) is 7.02. The Balaban J connectivity index is 1.75. The third-order valence-corrected chi connectivity index (χ3v) is 5.26. The summed E-state index contributed by atoms with van der Waals surface area (Å²) in [5, 5.41) is 2.84. The average Bonchev–Trinajstić information content (AvgIpc) is 2.87. The van der Waals surface area contributed by atoms with Crippen LogP contribution in [0.5, 0.6) is 0 Å². The van der Waals surface area contributed by atoms with Crippen molar-refractivity contribution in [2.24, 2.45) is 0 Å². The summed E-state index contributed by atoms with van der Waals surface area (Å²) in [4.78, 5) is 36.5. The van der Waals surface area contributed by atoms with Crippen molar-refractivity contribution < 1.29 is 19.1 Å². The SMILES string of the molecule is O=C(COC(=O)c1cccc(Cl)c1Cl)NCCN1C(=O)CSC1=S. The van der Waals surface area contributed by atoms with Gasteiger partial charge in [-0.3, -0.25) is 14.5 Å². The topological polar surface area (TPSA) is 75.7 Å². The molecule has 1 aliphatic rings. The van der Waals surface area contributed by atoms with Crippen LogP contribution in [-0.4, -0.2) is 52.5 Å². The van der Waals surface area contributed by atoms with E-state index in [9.17, 15) is 14.4 Å². The van der Waals surface area contributed by atoms with E-state index in [-0.39, 0.29) is 34.6 Å². The molecule has 0 unspecified atom stereocenters. The largest absolute Gasteiger partial charge is 0.452 e. The average molecular weight is 407 g/mol. The fourth-order valence-corrected chi connectivity index (χ4v) is 3.32. The first kappa shape index (κ1) is 19.0. The van der Waals surface area contributed by atoms with Crippen molar-refractivity contribution in [2.45, 2.75) is 0 Å². The normalized spacial score (nSPS) is 14.0. The van der Waals surface area contributed by atoms with Crippen molar-refractivity contribution in [1.82, 2.24) is 10.2 Å². The molecular weight excluding hydrogens is 395 g/mol. The molecule has 0 saturated carbocycles. The van der Waals surface area contributed by atoms with Crippen LogP contribution in [-0.2, 0) is 14.3 Å². The zero-order valence-electron chi connectivity index (χ0n) is 12.2. The summed E-state index contributed by atoms with van der Waals surface area (Å²) in [5.74, 6) is -0.997. The highest BCUT2D eigenvalue weighted by Crippen LogP contribution is 2.25. The Bertz CT molecular complexity index is 683. The van der Waals surface area contributed by atoms with E-state index in [1.165, 1.54) is 28.8 Å². The lowest BCUT2D eigenvalue weighted by atomic mass is 10.2. The van der Waals surface area contributed by atoms with Gasteiger partial charge in [0.2, 0.25) is 5.91 Å². The van der Waals surface area contributed by atoms with Crippen LogP contribution in [0.4, 0.5) is 0 Å². The fraction of sp³-hybridized carbons (Fsp3) is 0.286. The van der Waals surface area contributed by atoms with Gasteiger partial charge >= 0.3 is 5.97 Å². The maximum Gasteiger partial charge on any atom is 0.340 e. The summed E-state index contributed by atoms with van der Waals surface area (Å²) in [6.07, 6.45) is 0. The van der Waals surface area contributed by atoms with Gasteiger partial charge in [0.25, 0.3) is 5.91 Å². The first-order valence-corrected chi connectivity index (χ1v) is 8.90. The third kappa shape index (κ3) is 4.83. The van der Waals surface area contributed by atoms with Gasteiger partial charge in [0.05, 0.1) is 21.4 Å². The lowest BCUT2D eigenvalue weighted by Gasteiger charge is -2.15. The molecule has 0 spiro atoms. The Labute approximate surface area is 157 Å². The number of nitrogens with one attached hydrogen (secondary N) is 1. The second-order valence-electron chi connectivity index (χ2n) is 4.63. The Morgan fingerprint density at radius 3 is 2.79 bits per heavy atom. The molecule has 0 radical (unpaired) electrons. The minimum atomic E-state index is -0.745. The van der Waals surface area contributed by atoms with Gasteiger partial charge in [0.15, 0.2) is 6.61 Å². The predicted molar refractivity (Wildman–Crippen MR) is 96.5 cm³/mol. The zero-order valence-corrected chi connectivity index (χ0v) is 15.4. The van der Waals surface area contributed by atoms with E-state index in [1.807, 2.05) is 0 Å². The molecule has 24 heavy (non-hydrogen) atoms. The fourth-order valence-electron chi connectivity index (χ4n) is 1.83. The minimum absolute atomic E-state index is 0.0723. The molecular formula is C14H12Cl2N2O4S2. The molecule has 1 aromatic rings. The van der Waals surface area contributed by atoms with Gasteiger partial charge < -0.3 is 10.1 Å². The molecule has 0 atom stereocenters. The van der Waals surface area contributed by atoms with E-state index in [4.69, 9.17) is 40.2 Å². The molecule has 10 heteroatoms. The lowest BCUT2D eigenvalue weighted by molar-refractivity contribution is -0.126. The zero-order chi connectivity index (χ0) is 17.7. The van der Waals surface area contributed by atoms with Gasteiger partial charge in [0, 0.05) is 13.1 Å². The van der Waals surface area contributed by atoms with Crippen LogP contribution in [0.25, 0.3) is 0 Å². The Hall–Kier alpha value is -1.35. The number of nitrogens with zero attached hydrogens (tertiary/aromatic N) is 1. The van der Waals surface area contributed by atoms with Crippen LogP contribution in [0, 0.1) is 0 Å². The van der Waals surface area contributed by atoms with E-state index < -0.39 is 18.5 Å². The van der Waals surface area contributed by atoms with Crippen LogP contribution >= 0.6 is 47.2 Å². The number of thiocarbonyl (C=S) groups is 1. The molecule has 6 nitrogen and oxygen atoms in total. The number of amides is 2. The van der Waals surface area contributed by atoms with E-state index in [2.05, 4.69) is 5.32 Å². The number of hydrogen-bond donors (Lipinski definition) is 1. The molecule has 1 aliphatic heterocycles. The summed E-state index contributed by atoms with van der Waals surface area (Å²) in [6, 6.07) is 4.54. The number of halogens is 2. The molecule has 0 bridgehead atoms. The van der Waals surface area contributed by atoms with Gasteiger partial charge in [-0.05, 0) is 12.1 Å². The predicted octanol–water partition coefficient (Wildman–Crippen LogP) is 2.13. The van der Waals surface area contributed by atoms with Crippen LogP contribution in [0.15, 0.2) is 18.2 Å². The minimum Gasteiger partial charge on any atom is -0.452 e. The number of rotatable bonds is 6. The number of carbonyl (C=O) groups excluding carboxylic acids is 3. The molecule has 0 aromatic heterocycles. The maximum absolute atomic E-state index is 11.9. The summed E-state index contributed by atoms with van der Waals surface area (Å²) in [5.41, 5.74) is 0.0852. The summed E-state index contributed by atoms with van der Waals surface area (Å²) in [7, 11) is 0. The molecule has 1 fully saturated rings. The van der Waals surface area contributed by atoms with E-state index in [0.29, 0.717) is 10.1 Å². The van der Waals surface area contributed by atoms with Gasteiger partial charge in [-0.2, -0.15) is 0 Å². The standard InChI is InChI=1S/C14H12Cl2N2O4S2/c15-9-3-1-2-8(12(9)16)13(21)22-6-10(19)17-4-5-18-11(20)7-24-14(18)23/h1-3H,4-7H2,(H,17,19). The first-order valence-electron chi connectivity index (χ1n) is 6.75. The highest BCUT2D eigenvalue weighted by molar-refractivity contribution is 8.23. The summed E-state index contributed by atoms with van der Waals surface area (Å²) < 4.78 is 5.38. The monoisotopic (exact) mass is 406 g/mol. The van der Waals surface area contributed by atoms with Gasteiger partial charge in [-0.15, -0.1) is 0 Å². The Morgan fingerprint density at radius 2 is 2.12 bits per heavy atom. The van der Waals surface area contributed by atoms with Gasteiger partial charge in [-0.1, -0.05) is 53.2 Å². The number of hydrogen-bond acceptors (Lipinski definition) is 6. The first-order chi connectivity index (χ1) is 11.4. The molecule has 1 heterocycles. The Kier molecular flexibility index (Phi) is 6.85.